The van der Waals surface area contributed by atoms with E-state index in [1.54, 1.807) is 0 Å². The Labute approximate surface area is 388 Å². The summed E-state index contributed by atoms with van der Waals surface area (Å²) in [6, 6.07) is 91.8. The van der Waals surface area contributed by atoms with Gasteiger partial charge in [0.1, 0.15) is 11.2 Å². The van der Waals surface area contributed by atoms with Gasteiger partial charge in [-0.05, 0) is 129 Å². The molecule has 0 saturated carbocycles. The lowest BCUT2D eigenvalue weighted by atomic mass is 9.97. The molecule has 0 unspecified atom stereocenters. The number of anilines is 3. The van der Waals surface area contributed by atoms with Gasteiger partial charge in [0.15, 0.2) is 0 Å². The van der Waals surface area contributed by atoms with Gasteiger partial charge in [0.05, 0.1) is 11.0 Å². The largest absolute Gasteiger partial charge is 0.455 e. The average Bonchev–Trinajstić information content (AvgIpc) is 3.96. The summed E-state index contributed by atoms with van der Waals surface area (Å²) < 4.78 is 8.95. The normalized spacial score (nSPS) is 11.6. The molecule has 11 aromatic carbocycles. The summed E-state index contributed by atoms with van der Waals surface area (Å²) in [5.74, 6) is 0. The molecule has 67 heavy (non-hydrogen) atoms. The second-order valence-electron chi connectivity index (χ2n) is 17.3. The van der Waals surface area contributed by atoms with Crippen molar-refractivity contribution in [2.75, 3.05) is 4.90 Å². The third-order valence-corrected chi connectivity index (χ3v) is 13.4. The van der Waals surface area contributed by atoms with Crippen LogP contribution in [0.15, 0.2) is 259 Å². The van der Waals surface area contributed by atoms with Crippen molar-refractivity contribution >= 4 is 71.6 Å². The Balaban J connectivity index is 0.885. The monoisotopic (exact) mass is 854 g/mol. The zero-order chi connectivity index (χ0) is 44.3. The van der Waals surface area contributed by atoms with Crippen molar-refractivity contribution in [1.82, 2.24) is 4.57 Å². The summed E-state index contributed by atoms with van der Waals surface area (Å²) in [7, 11) is 0. The molecule has 314 valence electrons. The van der Waals surface area contributed by atoms with Crippen LogP contribution in [0.25, 0.3) is 105 Å². The van der Waals surface area contributed by atoms with Crippen LogP contribution in [-0.2, 0) is 0 Å². The topological polar surface area (TPSA) is 21.3 Å². The summed E-state index contributed by atoms with van der Waals surface area (Å²) in [6.45, 7) is 0. The van der Waals surface area contributed by atoms with E-state index in [1.807, 2.05) is 0 Å². The van der Waals surface area contributed by atoms with Crippen LogP contribution in [0, 0.1) is 0 Å². The number of fused-ring (bicyclic) bond motifs is 8. The molecule has 0 fully saturated rings. The van der Waals surface area contributed by atoms with Crippen molar-refractivity contribution in [3.8, 4) is 50.2 Å². The van der Waals surface area contributed by atoms with Crippen LogP contribution in [0.1, 0.15) is 0 Å². The maximum atomic E-state index is 6.57. The molecule has 0 amide bonds. The molecule has 3 nitrogen and oxygen atoms in total. The predicted octanol–water partition coefficient (Wildman–Crippen LogP) is 18.0. The summed E-state index contributed by atoms with van der Waals surface area (Å²) in [4.78, 5) is 2.35. The average molecular weight is 855 g/mol. The quantitative estimate of drug-likeness (QED) is 0.152. The van der Waals surface area contributed by atoms with E-state index in [0.29, 0.717) is 0 Å². The summed E-state index contributed by atoms with van der Waals surface area (Å²) in [5.41, 5.74) is 18.0. The standard InChI is InChI=1S/C64H42N2O/c1-2-13-43(14-3-1)48-16-10-17-49(41-48)44-27-34-51(35-28-44)65(53-38-31-47(32-39-53)55-23-12-26-62-63(55)59-40-33-46-15-4-5-20-56(46)64(59)67-62)52-36-29-45(30-37-52)50-18-11-19-54(42-50)66-60-24-8-6-21-57(60)58-22-7-9-25-61(58)66/h1-42H. The Morgan fingerprint density at radius 1 is 0.313 bits per heavy atom. The van der Waals surface area contributed by atoms with Crippen molar-refractivity contribution < 1.29 is 4.42 Å². The molecule has 3 heteroatoms. The maximum Gasteiger partial charge on any atom is 0.143 e. The van der Waals surface area contributed by atoms with Gasteiger partial charge in [0.2, 0.25) is 0 Å². The van der Waals surface area contributed by atoms with Crippen LogP contribution >= 0.6 is 0 Å². The molecule has 13 aromatic rings. The van der Waals surface area contributed by atoms with Crippen LogP contribution in [0.5, 0.6) is 0 Å². The number of hydrogen-bond acceptors (Lipinski definition) is 2. The molecule has 2 heterocycles. The summed E-state index contributed by atoms with van der Waals surface area (Å²) in [6.07, 6.45) is 0. The van der Waals surface area contributed by atoms with Gasteiger partial charge in [-0.25, -0.2) is 0 Å². The minimum atomic E-state index is 0.893. The van der Waals surface area contributed by atoms with Gasteiger partial charge in [-0.15, -0.1) is 0 Å². The van der Waals surface area contributed by atoms with E-state index in [2.05, 4.69) is 264 Å². The third kappa shape index (κ3) is 6.67. The molecule has 0 bridgehead atoms. The number of para-hydroxylation sites is 2. The van der Waals surface area contributed by atoms with E-state index in [0.717, 1.165) is 72.3 Å². The lowest BCUT2D eigenvalue weighted by Gasteiger charge is -2.26. The van der Waals surface area contributed by atoms with Crippen molar-refractivity contribution in [2.45, 2.75) is 0 Å². The van der Waals surface area contributed by atoms with E-state index < -0.39 is 0 Å². The second kappa shape index (κ2) is 16.0. The SMILES string of the molecule is c1ccc(-c2cccc(-c3ccc(N(c4ccc(-c5cccc(-n6c7ccccc7c7ccccc76)c5)cc4)c4ccc(-c5cccc6oc7c8ccccc8ccc7c56)cc4)cc3)c2)cc1. The highest BCUT2D eigenvalue weighted by Crippen LogP contribution is 2.42. The summed E-state index contributed by atoms with van der Waals surface area (Å²) in [5, 5.41) is 7.09. The maximum absolute atomic E-state index is 6.57. The van der Waals surface area contributed by atoms with Gasteiger partial charge < -0.3 is 13.9 Å². The second-order valence-corrected chi connectivity index (χ2v) is 17.3. The van der Waals surface area contributed by atoms with Gasteiger partial charge in [0, 0.05) is 49.7 Å². The number of hydrogen-bond donors (Lipinski definition) is 0. The molecule has 0 aliphatic rings. The van der Waals surface area contributed by atoms with Crippen LogP contribution in [0.2, 0.25) is 0 Å². The van der Waals surface area contributed by atoms with Gasteiger partial charge in [-0.3, -0.25) is 0 Å². The highest BCUT2D eigenvalue weighted by atomic mass is 16.3. The van der Waals surface area contributed by atoms with Crippen molar-refractivity contribution in [1.29, 1.82) is 0 Å². The molecular weight excluding hydrogens is 813 g/mol. The molecule has 0 atom stereocenters. The minimum absolute atomic E-state index is 0.893. The van der Waals surface area contributed by atoms with Gasteiger partial charge in [-0.1, -0.05) is 176 Å². The Morgan fingerprint density at radius 2 is 0.806 bits per heavy atom. The minimum Gasteiger partial charge on any atom is -0.455 e. The van der Waals surface area contributed by atoms with Gasteiger partial charge in [0.25, 0.3) is 0 Å². The van der Waals surface area contributed by atoms with Crippen molar-refractivity contribution in [2.24, 2.45) is 0 Å². The van der Waals surface area contributed by atoms with Crippen LogP contribution in [-0.4, -0.2) is 4.57 Å². The fraction of sp³-hybridized carbons (Fsp3) is 0. The molecule has 2 aromatic heterocycles. The highest BCUT2D eigenvalue weighted by Gasteiger charge is 2.18. The fourth-order valence-electron chi connectivity index (χ4n) is 10.2. The van der Waals surface area contributed by atoms with Gasteiger partial charge >= 0.3 is 0 Å². The van der Waals surface area contributed by atoms with E-state index in [4.69, 9.17) is 4.42 Å². The number of rotatable bonds is 8. The predicted molar refractivity (Wildman–Crippen MR) is 282 cm³/mol. The third-order valence-electron chi connectivity index (χ3n) is 13.4. The van der Waals surface area contributed by atoms with E-state index in [9.17, 15) is 0 Å². The van der Waals surface area contributed by atoms with E-state index in [-0.39, 0.29) is 0 Å². The molecule has 0 aliphatic heterocycles. The Morgan fingerprint density at radius 3 is 1.45 bits per heavy atom. The first-order chi connectivity index (χ1) is 33.2. The first kappa shape index (κ1) is 38.5. The molecule has 0 radical (unpaired) electrons. The molecule has 0 N–H and O–H groups in total. The first-order valence-electron chi connectivity index (χ1n) is 22.9. The van der Waals surface area contributed by atoms with Gasteiger partial charge in [-0.2, -0.15) is 0 Å². The number of nitrogens with zero attached hydrogens (tertiary/aromatic N) is 2. The molecule has 13 rings (SSSR count). The number of aromatic nitrogens is 1. The lowest BCUT2D eigenvalue weighted by molar-refractivity contribution is 0.673. The van der Waals surface area contributed by atoms with Crippen molar-refractivity contribution in [3.63, 3.8) is 0 Å². The molecule has 0 aliphatic carbocycles. The molecule has 0 spiro atoms. The first-order valence-corrected chi connectivity index (χ1v) is 22.9. The zero-order valence-electron chi connectivity index (χ0n) is 36.6. The van der Waals surface area contributed by atoms with Crippen LogP contribution in [0.3, 0.4) is 0 Å². The Bertz CT molecular complexity index is 3900. The Kier molecular flexibility index (Phi) is 9.17. The number of benzene rings is 11. The van der Waals surface area contributed by atoms with E-state index >= 15 is 0 Å². The highest BCUT2D eigenvalue weighted by molar-refractivity contribution is 6.19. The van der Waals surface area contributed by atoms with Crippen LogP contribution < -0.4 is 4.90 Å². The molecule has 0 saturated heterocycles. The number of furan rings is 1. The fourth-order valence-corrected chi connectivity index (χ4v) is 10.2. The lowest BCUT2D eigenvalue weighted by Crippen LogP contribution is -2.09. The van der Waals surface area contributed by atoms with Crippen molar-refractivity contribution in [3.05, 3.63) is 255 Å². The smallest absolute Gasteiger partial charge is 0.143 e. The Hall–Kier alpha value is -8.92. The molecular formula is C64H42N2O. The van der Waals surface area contributed by atoms with E-state index in [1.165, 1.54) is 49.4 Å². The van der Waals surface area contributed by atoms with Crippen LogP contribution in [0.4, 0.5) is 17.1 Å². The summed E-state index contributed by atoms with van der Waals surface area (Å²) >= 11 is 0. The zero-order valence-corrected chi connectivity index (χ0v) is 36.6.